The molecule has 9 heteroatoms. The van der Waals surface area contributed by atoms with E-state index in [1.807, 2.05) is 13.0 Å². The van der Waals surface area contributed by atoms with Crippen LogP contribution in [0.15, 0.2) is 53.1 Å². The number of nitrogens with zero attached hydrogens (tertiary/aromatic N) is 1. The van der Waals surface area contributed by atoms with Gasteiger partial charge in [-0.05, 0) is 36.8 Å². The maximum atomic E-state index is 12.4. The summed E-state index contributed by atoms with van der Waals surface area (Å²) in [5, 5.41) is 15.8. The first-order chi connectivity index (χ1) is 16.0. The number of carbonyl (C=O) groups is 2. The quantitative estimate of drug-likeness (QED) is 0.577. The summed E-state index contributed by atoms with van der Waals surface area (Å²) in [5.41, 5.74) is 1.77. The summed E-state index contributed by atoms with van der Waals surface area (Å²) in [7, 11) is 3.09. The number of benzene rings is 2. The minimum atomic E-state index is -0.447. The summed E-state index contributed by atoms with van der Waals surface area (Å²) in [4.78, 5) is 24.9. The molecule has 172 valence electrons. The highest BCUT2D eigenvalue weighted by atomic mass is 32.2. The molecule has 33 heavy (non-hydrogen) atoms. The summed E-state index contributed by atoms with van der Waals surface area (Å²) >= 11 is 1.12. The van der Waals surface area contributed by atoms with Crippen LogP contribution in [0.2, 0.25) is 0 Å². The van der Waals surface area contributed by atoms with Crippen molar-refractivity contribution in [1.82, 2.24) is 5.32 Å². The molecule has 0 saturated heterocycles. The fourth-order valence-electron chi connectivity index (χ4n) is 3.43. The van der Waals surface area contributed by atoms with Gasteiger partial charge in [0.25, 0.3) is 0 Å². The summed E-state index contributed by atoms with van der Waals surface area (Å²) in [6, 6.07) is 14.6. The van der Waals surface area contributed by atoms with Gasteiger partial charge in [0, 0.05) is 24.1 Å². The van der Waals surface area contributed by atoms with E-state index in [1.165, 1.54) is 0 Å². The third-order valence-electron chi connectivity index (χ3n) is 4.95. The van der Waals surface area contributed by atoms with Crippen LogP contribution < -0.4 is 24.8 Å². The van der Waals surface area contributed by atoms with Gasteiger partial charge in [0.2, 0.25) is 11.8 Å². The maximum absolute atomic E-state index is 12.4. The van der Waals surface area contributed by atoms with Gasteiger partial charge in [-0.25, -0.2) is 0 Å². The average molecular weight is 468 g/mol. The lowest BCUT2D eigenvalue weighted by molar-refractivity contribution is -0.121. The van der Waals surface area contributed by atoms with Crippen molar-refractivity contribution in [1.29, 1.82) is 5.26 Å². The number of nitrogens with one attached hydrogen (secondary N) is 2. The first kappa shape index (κ1) is 24.0. The number of allylic oxidation sites excluding steroid dienone is 1. The van der Waals surface area contributed by atoms with Crippen molar-refractivity contribution in [3.63, 3.8) is 0 Å². The van der Waals surface area contributed by atoms with Gasteiger partial charge in [-0.3, -0.25) is 9.59 Å². The molecule has 2 aromatic rings. The highest BCUT2D eigenvalue weighted by Crippen LogP contribution is 2.39. The normalized spacial score (nSPS) is 15.3. The fraction of sp³-hybridized carbons (Fsp3) is 0.292. The third-order valence-corrected chi connectivity index (χ3v) is 5.96. The maximum Gasteiger partial charge on any atom is 0.234 e. The molecule has 0 unspecified atom stereocenters. The number of ether oxygens (including phenoxy) is 3. The Morgan fingerprint density at radius 1 is 1.21 bits per heavy atom. The fourth-order valence-corrected chi connectivity index (χ4v) is 4.31. The average Bonchev–Trinajstić information content (AvgIpc) is 2.83. The number of anilines is 1. The first-order valence-corrected chi connectivity index (χ1v) is 11.3. The number of carbonyl (C=O) groups excluding carboxylic acids is 2. The van der Waals surface area contributed by atoms with E-state index in [9.17, 15) is 14.9 Å². The summed E-state index contributed by atoms with van der Waals surface area (Å²) in [6.45, 7) is 2.37. The Kier molecular flexibility index (Phi) is 8.22. The number of nitriles is 1. The molecule has 0 aromatic heterocycles. The van der Waals surface area contributed by atoms with Crippen molar-refractivity contribution < 1.29 is 23.8 Å². The largest absolute Gasteiger partial charge is 0.497 e. The molecule has 8 nitrogen and oxygen atoms in total. The lowest BCUT2D eigenvalue weighted by Gasteiger charge is -2.25. The van der Waals surface area contributed by atoms with Crippen LogP contribution in [0, 0.1) is 11.3 Å². The van der Waals surface area contributed by atoms with Gasteiger partial charge in [-0.15, -0.1) is 0 Å². The Morgan fingerprint density at radius 3 is 2.73 bits per heavy atom. The molecule has 0 spiro atoms. The number of methoxy groups -OCH3 is 2. The molecule has 2 amide bonds. The minimum absolute atomic E-state index is 0.0251. The molecule has 0 fully saturated rings. The zero-order valence-corrected chi connectivity index (χ0v) is 19.5. The molecular formula is C24H25N3O5S. The van der Waals surface area contributed by atoms with Gasteiger partial charge in [-0.2, -0.15) is 5.26 Å². The molecule has 1 aliphatic rings. The zero-order valence-electron chi connectivity index (χ0n) is 18.6. The Bertz CT molecular complexity index is 1110. The van der Waals surface area contributed by atoms with Crippen molar-refractivity contribution in [2.45, 2.75) is 19.3 Å². The van der Waals surface area contributed by atoms with Crippen molar-refractivity contribution >= 4 is 29.3 Å². The standard InChI is InChI=1S/C24H25N3O5S/c1-4-32-20-9-8-15(10-21(20)31-3)18-12-22(28)27-24(19(18)13-25)33-14-23(29)26-16-6-5-7-17(11-16)30-2/h5-11,18H,4,12,14H2,1-3H3,(H,26,29)(H,27,28)/t18-/m0/s1. The van der Waals surface area contributed by atoms with E-state index >= 15 is 0 Å². The van der Waals surface area contributed by atoms with E-state index in [1.54, 1.807) is 50.6 Å². The van der Waals surface area contributed by atoms with Crippen LogP contribution in [0.3, 0.4) is 0 Å². The second-order valence-corrected chi connectivity index (χ2v) is 8.06. The summed E-state index contributed by atoms with van der Waals surface area (Å²) in [6.07, 6.45) is 0.125. The van der Waals surface area contributed by atoms with Crippen molar-refractivity contribution in [2.75, 3.05) is 31.9 Å². The predicted molar refractivity (Wildman–Crippen MR) is 126 cm³/mol. The highest BCUT2D eigenvalue weighted by molar-refractivity contribution is 8.03. The molecule has 3 rings (SSSR count). The van der Waals surface area contributed by atoms with E-state index in [0.717, 1.165) is 17.3 Å². The van der Waals surface area contributed by atoms with E-state index in [4.69, 9.17) is 14.2 Å². The SMILES string of the molecule is CCOc1ccc([C@@H]2CC(=O)NC(SCC(=O)Nc3cccc(OC)c3)=C2C#N)cc1OC. The molecule has 1 heterocycles. The Balaban J connectivity index is 1.78. The zero-order chi connectivity index (χ0) is 23.8. The van der Waals surface area contributed by atoms with E-state index < -0.39 is 5.92 Å². The second kappa shape index (κ2) is 11.3. The number of amides is 2. The molecule has 0 saturated carbocycles. The summed E-state index contributed by atoms with van der Waals surface area (Å²) in [5.74, 6) is 0.844. The lowest BCUT2D eigenvalue weighted by atomic mass is 9.87. The third kappa shape index (κ3) is 5.99. The van der Waals surface area contributed by atoms with Crippen LogP contribution >= 0.6 is 11.8 Å². The van der Waals surface area contributed by atoms with Gasteiger partial charge >= 0.3 is 0 Å². The monoisotopic (exact) mass is 467 g/mol. The van der Waals surface area contributed by atoms with Crippen molar-refractivity contribution in [2.24, 2.45) is 0 Å². The first-order valence-electron chi connectivity index (χ1n) is 10.3. The molecule has 1 atom stereocenters. The van der Waals surface area contributed by atoms with Crippen LogP contribution in [0.1, 0.15) is 24.8 Å². The predicted octanol–water partition coefficient (Wildman–Crippen LogP) is 3.81. The molecule has 0 bridgehead atoms. The molecule has 2 N–H and O–H groups in total. The number of rotatable bonds is 9. The van der Waals surface area contributed by atoms with Gasteiger partial charge in [-0.1, -0.05) is 23.9 Å². The van der Waals surface area contributed by atoms with E-state index in [2.05, 4.69) is 16.7 Å². The molecule has 0 aliphatic carbocycles. The molecule has 2 aromatic carbocycles. The van der Waals surface area contributed by atoms with Gasteiger partial charge in [0.15, 0.2) is 11.5 Å². The van der Waals surface area contributed by atoms with Gasteiger partial charge in [0.1, 0.15) is 5.75 Å². The van der Waals surface area contributed by atoms with Crippen molar-refractivity contribution in [3.05, 3.63) is 58.6 Å². The Hall–Kier alpha value is -3.64. The Morgan fingerprint density at radius 2 is 2.03 bits per heavy atom. The minimum Gasteiger partial charge on any atom is -0.497 e. The molecule has 1 aliphatic heterocycles. The number of hydrogen-bond donors (Lipinski definition) is 2. The van der Waals surface area contributed by atoms with Gasteiger partial charge in [0.05, 0.1) is 43.3 Å². The smallest absolute Gasteiger partial charge is 0.234 e. The highest BCUT2D eigenvalue weighted by Gasteiger charge is 2.30. The van der Waals surface area contributed by atoms with Crippen LogP contribution in [0.25, 0.3) is 0 Å². The topological polar surface area (TPSA) is 110 Å². The van der Waals surface area contributed by atoms with E-state index in [-0.39, 0.29) is 24.0 Å². The van der Waals surface area contributed by atoms with E-state index in [0.29, 0.717) is 40.1 Å². The van der Waals surface area contributed by atoms with Crippen LogP contribution in [0.5, 0.6) is 17.2 Å². The lowest BCUT2D eigenvalue weighted by Crippen LogP contribution is -2.31. The van der Waals surface area contributed by atoms with Crippen LogP contribution in [-0.2, 0) is 9.59 Å². The van der Waals surface area contributed by atoms with Crippen LogP contribution in [-0.4, -0.2) is 38.4 Å². The molecule has 0 radical (unpaired) electrons. The van der Waals surface area contributed by atoms with Gasteiger partial charge < -0.3 is 24.8 Å². The van der Waals surface area contributed by atoms with Crippen LogP contribution in [0.4, 0.5) is 5.69 Å². The van der Waals surface area contributed by atoms with Crippen molar-refractivity contribution in [3.8, 4) is 23.3 Å². The second-order valence-electron chi connectivity index (χ2n) is 7.07. The summed E-state index contributed by atoms with van der Waals surface area (Å²) < 4.78 is 16.1. The number of hydrogen-bond acceptors (Lipinski definition) is 7. The molecular weight excluding hydrogens is 442 g/mol. The number of thioether (sulfide) groups is 1. The Labute approximate surface area is 196 Å².